The lowest BCUT2D eigenvalue weighted by molar-refractivity contribution is 0.282. The molecule has 0 aliphatic heterocycles. The molecule has 4 aromatic rings. The molecule has 0 bridgehead atoms. The highest BCUT2D eigenvalue weighted by atomic mass is 32.2. The number of methoxy groups -OCH3 is 1. The zero-order chi connectivity index (χ0) is 20.4. The summed E-state index contributed by atoms with van der Waals surface area (Å²) in [5.41, 5.74) is 1.97. The van der Waals surface area contributed by atoms with Crippen LogP contribution >= 0.6 is 0 Å². The van der Waals surface area contributed by atoms with E-state index in [9.17, 15) is 13.5 Å². The fourth-order valence-corrected chi connectivity index (χ4v) is 4.40. The van der Waals surface area contributed by atoms with Gasteiger partial charge in [0.1, 0.15) is 11.3 Å². The summed E-state index contributed by atoms with van der Waals surface area (Å²) in [5.74, 6) is 0.998. The summed E-state index contributed by atoms with van der Waals surface area (Å²) in [7, 11) is -2.30. The van der Waals surface area contributed by atoms with Crippen molar-refractivity contribution in [2.24, 2.45) is 0 Å². The van der Waals surface area contributed by atoms with Gasteiger partial charge in [-0.3, -0.25) is 0 Å². The van der Waals surface area contributed by atoms with Crippen molar-refractivity contribution in [3.63, 3.8) is 0 Å². The molecule has 0 atom stereocenters. The van der Waals surface area contributed by atoms with Gasteiger partial charge >= 0.3 is 0 Å². The predicted molar refractivity (Wildman–Crippen MR) is 111 cm³/mol. The van der Waals surface area contributed by atoms with Crippen molar-refractivity contribution in [1.82, 2.24) is 8.96 Å². The van der Waals surface area contributed by atoms with Gasteiger partial charge in [-0.1, -0.05) is 12.1 Å². The number of benzene rings is 2. The molecule has 0 unspecified atom stereocenters. The van der Waals surface area contributed by atoms with E-state index in [1.807, 2.05) is 0 Å². The van der Waals surface area contributed by atoms with Gasteiger partial charge in [-0.2, -0.15) is 0 Å². The minimum Gasteiger partial charge on any atom is -0.497 e. The Hall–Kier alpha value is -3.36. The van der Waals surface area contributed by atoms with Crippen molar-refractivity contribution in [3.8, 4) is 5.75 Å². The molecular formula is C21H19N3O4S. The SMILES string of the molecule is COc1ccc(S(=O)(=O)n2ccc3ccnc(Nc4ccc(CO)cc4)c32)cc1. The van der Waals surface area contributed by atoms with Crippen LogP contribution in [0.1, 0.15) is 5.56 Å². The minimum atomic E-state index is -3.82. The quantitative estimate of drug-likeness (QED) is 0.506. The van der Waals surface area contributed by atoms with E-state index in [2.05, 4.69) is 10.3 Å². The normalized spacial score (nSPS) is 11.5. The highest BCUT2D eigenvalue weighted by Gasteiger charge is 2.21. The van der Waals surface area contributed by atoms with E-state index in [-0.39, 0.29) is 11.5 Å². The highest BCUT2D eigenvalue weighted by Crippen LogP contribution is 2.29. The fourth-order valence-electron chi connectivity index (χ4n) is 3.04. The van der Waals surface area contributed by atoms with E-state index >= 15 is 0 Å². The number of ether oxygens (including phenoxy) is 1. The molecule has 7 nitrogen and oxygen atoms in total. The van der Waals surface area contributed by atoms with Crippen molar-refractivity contribution in [1.29, 1.82) is 0 Å². The second-order valence-electron chi connectivity index (χ2n) is 6.37. The number of hydrogen-bond acceptors (Lipinski definition) is 6. The Balaban J connectivity index is 1.79. The molecule has 2 aromatic carbocycles. The lowest BCUT2D eigenvalue weighted by Crippen LogP contribution is -2.13. The summed E-state index contributed by atoms with van der Waals surface area (Å²) >= 11 is 0. The average Bonchev–Trinajstić information content (AvgIpc) is 3.20. The van der Waals surface area contributed by atoms with Crippen LogP contribution in [0.3, 0.4) is 0 Å². The van der Waals surface area contributed by atoms with E-state index in [1.54, 1.807) is 54.7 Å². The van der Waals surface area contributed by atoms with Gasteiger partial charge in [0.2, 0.25) is 0 Å². The number of aromatic nitrogens is 2. The third kappa shape index (κ3) is 3.55. The molecule has 29 heavy (non-hydrogen) atoms. The molecule has 8 heteroatoms. The minimum absolute atomic E-state index is 0.0446. The molecule has 148 valence electrons. The van der Waals surface area contributed by atoms with Gasteiger partial charge in [0.15, 0.2) is 5.82 Å². The molecule has 2 aromatic heterocycles. The summed E-state index contributed by atoms with van der Waals surface area (Å²) in [6.07, 6.45) is 3.14. The topological polar surface area (TPSA) is 93.5 Å². The number of aliphatic hydroxyl groups excluding tert-OH is 1. The summed E-state index contributed by atoms with van der Waals surface area (Å²) < 4.78 is 32.8. The first kappa shape index (κ1) is 19.0. The van der Waals surface area contributed by atoms with Gasteiger partial charge in [0.05, 0.1) is 18.6 Å². The Bertz CT molecular complexity index is 1250. The van der Waals surface area contributed by atoms with Crippen molar-refractivity contribution < 1.29 is 18.3 Å². The largest absolute Gasteiger partial charge is 0.497 e. The van der Waals surface area contributed by atoms with Crippen LogP contribution in [-0.4, -0.2) is 29.6 Å². The number of anilines is 2. The van der Waals surface area contributed by atoms with Crippen molar-refractivity contribution >= 4 is 32.4 Å². The van der Waals surface area contributed by atoms with Gasteiger partial charge in [-0.05, 0) is 54.1 Å². The van der Waals surface area contributed by atoms with E-state index in [0.29, 0.717) is 17.1 Å². The first-order valence-electron chi connectivity index (χ1n) is 8.85. The van der Waals surface area contributed by atoms with Crippen LogP contribution in [0, 0.1) is 0 Å². The van der Waals surface area contributed by atoms with Crippen LogP contribution in [0.25, 0.3) is 10.9 Å². The maximum atomic E-state index is 13.2. The molecule has 2 N–H and O–H groups in total. The molecular weight excluding hydrogens is 390 g/mol. The Labute approximate surface area is 168 Å². The van der Waals surface area contributed by atoms with Gasteiger partial charge in [0.25, 0.3) is 10.0 Å². The van der Waals surface area contributed by atoms with Crippen LogP contribution in [0.4, 0.5) is 11.5 Å². The second-order valence-corrected chi connectivity index (χ2v) is 8.18. The maximum absolute atomic E-state index is 13.2. The lowest BCUT2D eigenvalue weighted by Gasteiger charge is -2.12. The van der Waals surface area contributed by atoms with Crippen LogP contribution in [0.15, 0.2) is 78.0 Å². The van der Waals surface area contributed by atoms with Gasteiger partial charge < -0.3 is 15.2 Å². The average molecular weight is 409 g/mol. The van der Waals surface area contributed by atoms with Crippen LogP contribution in [0.5, 0.6) is 5.75 Å². The first-order chi connectivity index (χ1) is 14.0. The fraction of sp³-hybridized carbons (Fsp3) is 0.0952. The van der Waals surface area contributed by atoms with Crippen LogP contribution in [-0.2, 0) is 16.6 Å². The third-order valence-corrected chi connectivity index (χ3v) is 6.27. The second kappa shape index (κ2) is 7.57. The molecule has 2 heterocycles. The number of aliphatic hydroxyl groups is 1. The summed E-state index contributed by atoms with van der Waals surface area (Å²) in [6, 6.07) is 16.9. The van der Waals surface area contributed by atoms with Gasteiger partial charge in [-0.25, -0.2) is 17.4 Å². The van der Waals surface area contributed by atoms with E-state index in [1.165, 1.54) is 29.4 Å². The monoisotopic (exact) mass is 409 g/mol. The first-order valence-corrected chi connectivity index (χ1v) is 10.3. The van der Waals surface area contributed by atoms with Crippen molar-refractivity contribution in [2.75, 3.05) is 12.4 Å². The summed E-state index contributed by atoms with van der Waals surface area (Å²) in [6.45, 7) is -0.0446. The standard InChI is InChI=1S/C21H19N3O4S/c1-28-18-6-8-19(9-7-18)29(26,27)24-13-11-16-10-12-22-21(20(16)24)23-17-4-2-15(14-25)3-5-17/h2-13,25H,14H2,1H3,(H,22,23). The molecule has 0 aliphatic rings. The predicted octanol–water partition coefficient (Wildman–Crippen LogP) is 3.52. The summed E-state index contributed by atoms with van der Waals surface area (Å²) in [4.78, 5) is 4.50. The van der Waals surface area contributed by atoms with E-state index in [0.717, 1.165) is 16.6 Å². The smallest absolute Gasteiger partial charge is 0.268 e. The van der Waals surface area contributed by atoms with Crippen LogP contribution < -0.4 is 10.1 Å². The molecule has 0 aliphatic carbocycles. The molecule has 0 saturated heterocycles. The number of fused-ring (bicyclic) bond motifs is 1. The molecule has 4 rings (SSSR count). The molecule has 0 spiro atoms. The molecule has 0 radical (unpaired) electrons. The van der Waals surface area contributed by atoms with E-state index < -0.39 is 10.0 Å². The maximum Gasteiger partial charge on any atom is 0.268 e. The Morgan fingerprint density at radius 2 is 1.76 bits per heavy atom. The molecule has 0 amide bonds. The summed E-state index contributed by atoms with van der Waals surface area (Å²) in [5, 5.41) is 13.1. The Morgan fingerprint density at radius 1 is 1.03 bits per heavy atom. The van der Waals surface area contributed by atoms with E-state index in [4.69, 9.17) is 4.74 Å². The zero-order valence-corrected chi connectivity index (χ0v) is 16.4. The molecule has 0 saturated carbocycles. The van der Waals surface area contributed by atoms with Crippen molar-refractivity contribution in [2.45, 2.75) is 11.5 Å². The van der Waals surface area contributed by atoms with Crippen molar-refractivity contribution in [3.05, 3.63) is 78.6 Å². The Morgan fingerprint density at radius 3 is 2.41 bits per heavy atom. The zero-order valence-electron chi connectivity index (χ0n) is 15.6. The Kier molecular flexibility index (Phi) is 4.96. The lowest BCUT2D eigenvalue weighted by atomic mass is 10.2. The van der Waals surface area contributed by atoms with Crippen LogP contribution in [0.2, 0.25) is 0 Å². The number of rotatable bonds is 6. The van der Waals surface area contributed by atoms with Gasteiger partial charge in [0, 0.05) is 23.5 Å². The number of nitrogens with zero attached hydrogens (tertiary/aromatic N) is 2. The number of pyridine rings is 1. The number of nitrogens with one attached hydrogen (secondary N) is 1. The van der Waals surface area contributed by atoms with Gasteiger partial charge in [-0.15, -0.1) is 0 Å². The number of hydrogen-bond donors (Lipinski definition) is 2. The highest BCUT2D eigenvalue weighted by molar-refractivity contribution is 7.90. The third-order valence-electron chi connectivity index (χ3n) is 4.58. The molecule has 0 fully saturated rings.